The fourth-order valence-electron chi connectivity index (χ4n) is 1.76. The summed E-state index contributed by atoms with van der Waals surface area (Å²) in [6.07, 6.45) is 11.3. The zero-order chi connectivity index (χ0) is 11.0. The van der Waals surface area contributed by atoms with E-state index in [0.29, 0.717) is 11.5 Å². The van der Waals surface area contributed by atoms with Gasteiger partial charge in [0.25, 0.3) is 0 Å². The van der Waals surface area contributed by atoms with Gasteiger partial charge >= 0.3 is 5.97 Å². The molecule has 0 bridgehead atoms. The number of H-pyrrole nitrogens is 1. The second kappa shape index (κ2) is 3.38. The van der Waals surface area contributed by atoms with E-state index in [-0.39, 0.29) is 5.97 Å². The maximum Gasteiger partial charge on any atom is 0.360 e. The van der Waals surface area contributed by atoms with Crippen molar-refractivity contribution in [3.63, 3.8) is 0 Å². The number of allylic oxidation sites excluding steroid dienone is 7. The number of fused-ring (bicyclic) bond motifs is 1. The van der Waals surface area contributed by atoms with Gasteiger partial charge in [0.05, 0.1) is 0 Å². The molecule has 1 N–H and O–H groups in total. The molecule has 3 nitrogen and oxygen atoms in total. The van der Waals surface area contributed by atoms with Crippen molar-refractivity contribution in [3.05, 3.63) is 71.3 Å². The third kappa shape index (κ3) is 1.34. The summed E-state index contributed by atoms with van der Waals surface area (Å²) in [5, 5.41) is 0. The van der Waals surface area contributed by atoms with Crippen molar-refractivity contribution in [2.24, 2.45) is 0 Å². The molecule has 0 aliphatic heterocycles. The summed E-state index contributed by atoms with van der Waals surface area (Å²) in [6.45, 7) is 0. The van der Waals surface area contributed by atoms with Crippen LogP contribution in [0.15, 0.2) is 65.6 Å². The van der Waals surface area contributed by atoms with Crippen molar-refractivity contribution in [1.82, 2.24) is 4.98 Å². The maximum atomic E-state index is 11.7. The second-order valence-electron chi connectivity index (χ2n) is 3.57. The minimum Gasteiger partial charge on any atom is -0.421 e. The highest BCUT2D eigenvalue weighted by Gasteiger charge is 2.19. The van der Waals surface area contributed by atoms with Crippen LogP contribution in [0.4, 0.5) is 0 Å². The van der Waals surface area contributed by atoms with Crippen LogP contribution in [0, 0.1) is 0 Å². The molecule has 78 valence electrons. The first-order valence-corrected chi connectivity index (χ1v) is 5.01. The summed E-state index contributed by atoms with van der Waals surface area (Å²) < 4.78 is 5.30. The van der Waals surface area contributed by atoms with Gasteiger partial charge in [0, 0.05) is 11.8 Å². The average Bonchev–Trinajstić information content (AvgIpc) is 2.94. The van der Waals surface area contributed by atoms with Crippen LogP contribution in [0.2, 0.25) is 0 Å². The Balaban J connectivity index is 1.84. The van der Waals surface area contributed by atoms with Crippen LogP contribution in [0.3, 0.4) is 0 Å². The quantitative estimate of drug-likeness (QED) is 0.763. The second-order valence-corrected chi connectivity index (χ2v) is 3.57. The summed E-state index contributed by atoms with van der Waals surface area (Å²) in [6, 6.07) is 3.45. The fraction of sp³-hybridized carbons (Fsp3) is 0. The Morgan fingerprint density at radius 2 is 2.19 bits per heavy atom. The molecule has 0 atom stereocenters. The molecule has 0 unspecified atom stereocenters. The Bertz CT molecular complexity index is 557. The molecule has 2 aliphatic rings. The van der Waals surface area contributed by atoms with Crippen LogP contribution in [0.1, 0.15) is 10.5 Å². The molecule has 1 aromatic heterocycles. The van der Waals surface area contributed by atoms with Crippen LogP contribution < -0.4 is 0 Å². The molecular formula is C13H9NO2. The van der Waals surface area contributed by atoms with Crippen LogP contribution in [-0.4, -0.2) is 11.0 Å². The van der Waals surface area contributed by atoms with Gasteiger partial charge in [-0.05, 0) is 23.8 Å². The number of hydrogen-bond donors (Lipinski definition) is 1. The van der Waals surface area contributed by atoms with Crippen LogP contribution in [0.5, 0.6) is 0 Å². The Labute approximate surface area is 92.4 Å². The molecule has 2 aliphatic carbocycles. The van der Waals surface area contributed by atoms with E-state index in [1.54, 1.807) is 18.3 Å². The summed E-state index contributed by atoms with van der Waals surface area (Å²) in [5.74, 6) is 0.248. The molecule has 3 rings (SSSR count). The zero-order valence-electron chi connectivity index (χ0n) is 8.44. The first-order chi connectivity index (χ1) is 7.84. The molecule has 0 saturated heterocycles. The molecule has 0 radical (unpaired) electrons. The molecule has 0 saturated carbocycles. The van der Waals surface area contributed by atoms with E-state index >= 15 is 0 Å². The van der Waals surface area contributed by atoms with E-state index < -0.39 is 0 Å². The lowest BCUT2D eigenvalue weighted by Gasteiger charge is -2.03. The van der Waals surface area contributed by atoms with Crippen LogP contribution in [-0.2, 0) is 4.74 Å². The van der Waals surface area contributed by atoms with Crippen molar-refractivity contribution >= 4 is 5.97 Å². The Kier molecular flexibility index (Phi) is 1.90. The number of carbonyl (C=O) groups excluding carboxylic acids is 1. The molecule has 3 heteroatoms. The maximum absolute atomic E-state index is 11.7. The highest BCUT2D eigenvalue weighted by molar-refractivity contribution is 5.88. The van der Waals surface area contributed by atoms with E-state index in [9.17, 15) is 4.79 Å². The number of aromatic amines is 1. The molecule has 1 aromatic rings. The van der Waals surface area contributed by atoms with Crippen molar-refractivity contribution in [2.45, 2.75) is 0 Å². The third-order valence-corrected chi connectivity index (χ3v) is 2.55. The van der Waals surface area contributed by atoms with Gasteiger partial charge < -0.3 is 9.72 Å². The van der Waals surface area contributed by atoms with Gasteiger partial charge in [-0.15, -0.1) is 0 Å². The van der Waals surface area contributed by atoms with Crippen LogP contribution >= 0.6 is 0 Å². The lowest BCUT2D eigenvalue weighted by molar-refractivity contribution is 0.0630. The highest BCUT2D eigenvalue weighted by atomic mass is 16.5. The van der Waals surface area contributed by atoms with Gasteiger partial charge in [0.2, 0.25) is 0 Å². The minimum atomic E-state index is -0.362. The number of carbonyl (C=O) groups is 1. The lowest BCUT2D eigenvalue weighted by Crippen LogP contribution is -2.04. The van der Waals surface area contributed by atoms with E-state index in [0.717, 1.165) is 11.1 Å². The topological polar surface area (TPSA) is 42.1 Å². The Morgan fingerprint density at radius 1 is 1.25 bits per heavy atom. The smallest absolute Gasteiger partial charge is 0.360 e. The standard InChI is InChI=1S/C13H9NO2/c15-13(11-5-2-8-14-11)16-12-7-6-9-3-1-4-10(9)12/h1-8,14H. The average molecular weight is 211 g/mol. The first kappa shape index (κ1) is 8.97. The SMILES string of the molecule is O=C(OC1=C2C=CC=C2C=C1)c1ccc[nH]1. The molecule has 16 heavy (non-hydrogen) atoms. The van der Waals surface area contributed by atoms with E-state index in [2.05, 4.69) is 4.98 Å². The van der Waals surface area contributed by atoms with Crippen molar-refractivity contribution < 1.29 is 9.53 Å². The van der Waals surface area contributed by atoms with Crippen LogP contribution in [0.25, 0.3) is 0 Å². The van der Waals surface area contributed by atoms with Crippen molar-refractivity contribution in [2.75, 3.05) is 0 Å². The molecule has 0 spiro atoms. The normalized spacial score (nSPS) is 16.6. The monoisotopic (exact) mass is 211 g/mol. The fourth-order valence-corrected chi connectivity index (χ4v) is 1.76. The predicted molar refractivity (Wildman–Crippen MR) is 59.6 cm³/mol. The van der Waals surface area contributed by atoms with Gasteiger partial charge in [0.15, 0.2) is 0 Å². The van der Waals surface area contributed by atoms with Gasteiger partial charge in [-0.3, -0.25) is 0 Å². The number of rotatable bonds is 2. The van der Waals surface area contributed by atoms with Crippen molar-refractivity contribution in [1.29, 1.82) is 0 Å². The van der Waals surface area contributed by atoms with E-state index in [1.807, 2.05) is 30.4 Å². The largest absolute Gasteiger partial charge is 0.421 e. The van der Waals surface area contributed by atoms with Gasteiger partial charge in [-0.2, -0.15) is 0 Å². The molecule has 1 heterocycles. The molecule has 0 aromatic carbocycles. The predicted octanol–water partition coefficient (Wildman–Crippen LogP) is 2.49. The Hall–Kier alpha value is -2.29. The molecular weight excluding hydrogens is 202 g/mol. The Morgan fingerprint density at radius 3 is 3.00 bits per heavy atom. The molecule has 0 amide bonds. The number of ether oxygens (including phenoxy) is 1. The van der Waals surface area contributed by atoms with Gasteiger partial charge in [-0.1, -0.05) is 24.3 Å². The summed E-state index contributed by atoms with van der Waals surface area (Å²) in [5.41, 5.74) is 2.52. The lowest BCUT2D eigenvalue weighted by atomic mass is 10.2. The number of nitrogens with one attached hydrogen (secondary N) is 1. The van der Waals surface area contributed by atoms with Gasteiger partial charge in [0.1, 0.15) is 11.5 Å². The number of esters is 1. The summed E-state index contributed by atoms with van der Waals surface area (Å²) >= 11 is 0. The molecule has 0 fully saturated rings. The highest BCUT2D eigenvalue weighted by Crippen LogP contribution is 2.30. The number of hydrogen-bond acceptors (Lipinski definition) is 2. The van der Waals surface area contributed by atoms with E-state index in [1.165, 1.54) is 0 Å². The third-order valence-electron chi connectivity index (χ3n) is 2.55. The van der Waals surface area contributed by atoms with Crippen molar-refractivity contribution in [3.8, 4) is 0 Å². The first-order valence-electron chi connectivity index (χ1n) is 5.01. The number of aromatic nitrogens is 1. The van der Waals surface area contributed by atoms with E-state index in [4.69, 9.17) is 4.74 Å². The minimum absolute atomic E-state index is 0.362. The zero-order valence-corrected chi connectivity index (χ0v) is 8.44. The van der Waals surface area contributed by atoms with Gasteiger partial charge in [-0.25, -0.2) is 4.79 Å². The summed E-state index contributed by atoms with van der Waals surface area (Å²) in [4.78, 5) is 14.5. The summed E-state index contributed by atoms with van der Waals surface area (Å²) in [7, 11) is 0.